The fraction of sp³-hybridized carbons (Fsp3) is 0.278. The lowest BCUT2D eigenvalue weighted by Gasteiger charge is -2.16. The highest BCUT2D eigenvalue weighted by molar-refractivity contribution is 14.0. The molecule has 0 unspecified atom stereocenters. The van der Waals surface area contributed by atoms with Gasteiger partial charge >= 0.3 is 6.36 Å². The molecule has 1 aromatic heterocycles. The second-order valence-electron chi connectivity index (χ2n) is 5.76. The highest BCUT2D eigenvalue weighted by Gasteiger charge is 2.32. The molecule has 2 aromatic rings. The number of carbonyl (C=O) groups excluding carboxylic acids is 1. The van der Waals surface area contributed by atoms with Gasteiger partial charge in [0, 0.05) is 31.9 Å². The third-order valence-electron chi connectivity index (χ3n) is 3.62. The van der Waals surface area contributed by atoms with Gasteiger partial charge in [0.15, 0.2) is 11.7 Å². The number of alkyl halides is 3. The standard InChI is InChI=1S/C18H20F3N5O2.HI/c1-26(11-9-13-6-4-5-10-23-13)16(27)12-24-17(22)25-14-7-2-3-8-15(14)28-18(19,20)21;/h2-8,10H,9,11-12H2,1H3,(H3,22,24,25);1H. The number of carbonyl (C=O) groups is 1. The molecule has 0 saturated carbocycles. The highest BCUT2D eigenvalue weighted by Crippen LogP contribution is 2.29. The molecule has 0 aliphatic carbocycles. The van der Waals surface area contributed by atoms with Crippen molar-refractivity contribution in [3.05, 3.63) is 54.4 Å². The molecular formula is C18H21F3IN5O2. The SMILES string of the molecule is CN(CCc1ccccn1)C(=O)CN=C(N)Nc1ccccc1OC(F)(F)F.I. The van der Waals surface area contributed by atoms with Crippen molar-refractivity contribution in [2.75, 3.05) is 25.5 Å². The second kappa shape index (κ2) is 11.4. The Balaban J connectivity index is 0.00000420. The molecular weight excluding hydrogens is 502 g/mol. The Labute approximate surface area is 183 Å². The van der Waals surface area contributed by atoms with Crippen LogP contribution in [0.4, 0.5) is 18.9 Å². The number of anilines is 1. The van der Waals surface area contributed by atoms with Gasteiger partial charge in [0.2, 0.25) is 5.91 Å². The lowest BCUT2D eigenvalue weighted by molar-refractivity contribution is -0.274. The number of amides is 1. The topological polar surface area (TPSA) is 92.8 Å². The number of likely N-dealkylation sites (N-methyl/N-ethyl adjacent to an activating group) is 1. The van der Waals surface area contributed by atoms with Crippen LogP contribution in [0.3, 0.4) is 0 Å². The fourth-order valence-electron chi connectivity index (χ4n) is 2.19. The first-order valence-electron chi connectivity index (χ1n) is 8.30. The Hall–Kier alpha value is -2.57. The van der Waals surface area contributed by atoms with Crippen LogP contribution in [0.15, 0.2) is 53.7 Å². The fourth-order valence-corrected chi connectivity index (χ4v) is 2.19. The van der Waals surface area contributed by atoms with E-state index >= 15 is 0 Å². The number of aromatic nitrogens is 1. The smallest absolute Gasteiger partial charge is 0.404 e. The van der Waals surface area contributed by atoms with Gasteiger partial charge in [-0.3, -0.25) is 9.78 Å². The van der Waals surface area contributed by atoms with E-state index in [9.17, 15) is 18.0 Å². The predicted molar refractivity (Wildman–Crippen MR) is 114 cm³/mol. The molecule has 0 saturated heterocycles. The molecule has 29 heavy (non-hydrogen) atoms. The van der Waals surface area contributed by atoms with Crippen molar-refractivity contribution >= 4 is 41.5 Å². The van der Waals surface area contributed by atoms with Crippen LogP contribution in [0, 0.1) is 0 Å². The normalized spacial score (nSPS) is 11.4. The van der Waals surface area contributed by atoms with Gasteiger partial charge in [-0.15, -0.1) is 37.1 Å². The molecule has 2 rings (SSSR count). The van der Waals surface area contributed by atoms with Gasteiger partial charge in [0.25, 0.3) is 0 Å². The highest BCUT2D eigenvalue weighted by atomic mass is 127. The first kappa shape index (κ1) is 24.5. The zero-order chi connectivity index (χ0) is 20.6. The predicted octanol–water partition coefficient (Wildman–Crippen LogP) is 3.03. The Morgan fingerprint density at radius 2 is 1.93 bits per heavy atom. The van der Waals surface area contributed by atoms with Crippen LogP contribution in [0.2, 0.25) is 0 Å². The number of hydrogen-bond donors (Lipinski definition) is 2. The molecule has 0 aliphatic heterocycles. The zero-order valence-electron chi connectivity index (χ0n) is 15.5. The minimum Gasteiger partial charge on any atom is -0.404 e. The number of para-hydroxylation sites is 2. The van der Waals surface area contributed by atoms with Crippen molar-refractivity contribution in [2.24, 2.45) is 10.7 Å². The minimum absolute atomic E-state index is 0. The van der Waals surface area contributed by atoms with Crippen molar-refractivity contribution < 1.29 is 22.7 Å². The molecule has 0 fully saturated rings. The molecule has 11 heteroatoms. The lowest BCUT2D eigenvalue weighted by atomic mass is 10.2. The van der Waals surface area contributed by atoms with E-state index in [0.29, 0.717) is 13.0 Å². The summed E-state index contributed by atoms with van der Waals surface area (Å²) in [6.45, 7) is 0.195. The molecule has 7 nitrogen and oxygen atoms in total. The molecule has 1 aromatic carbocycles. The number of nitrogens with one attached hydrogen (secondary N) is 1. The summed E-state index contributed by atoms with van der Waals surface area (Å²) in [5.74, 6) is -0.947. The van der Waals surface area contributed by atoms with Crippen molar-refractivity contribution in [3.8, 4) is 5.75 Å². The van der Waals surface area contributed by atoms with Crippen molar-refractivity contribution in [1.29, 1.82) is 0 Å². The summed E-state index contributed by atoms with van der Waals surface area (Å²) >= 11 is 0. The van der Waals surface area contributed by atoms with Crippen LogP contribution in [0.5, 0.6) is 5.75 Å². The van der Waals surface area contributed by atoms with Gasteiger partial charge in [-0.25, -0.2) is 4.99 Å². The van der Waals surface area contributed by atoms with Crippen LogP contribution < -0.4 is 15.8 Å². The number of nitrogens with two attached hydrogens (primary N) is 1. The van der Waals surface area contributed by atoms with Gasteiger partial charge in [0.1, 0.15) is 6.54 Å². The summed E-state index contributed by atoms with van der Waals surface area (Å²) in [7, 11) is 1.62. The summed E-state index contributed by atoms with van der Waals surface area (Å²) in [6, 6.07) is 10.9. The van der Waals surface area contributed by atoms with E-state index < -0.39 is 12.1 Å². The summed E-state index contributed by atoms with van der Waals surface area (Å²) in [5.41, 5.74) is 6.51. The quantitative estimate of drug-likeness (QED) is 0.331. The third kappa shape index (κ3) is 8.98. The number of aliphatic imine (C=N–C) groups is 1. The molecule has 0 bridgehead atoms. The summed E-state index contributed by atoms with van der Waals surface area (Å²) in [6.07, 6.45) is -2.58. The number of hydrogen-bond acceptors (Lipinski definition) is 4. The largest absolute Gasteiger partial charge is 0.573 e. The average Bonchev–Trinajstić information content (AvgIpc) is 2.65. The number of pyridine rings is 1. The van der Waals surface area contributed by atoms with Crippen molar-refractivity contribution in [1.82, 2.24) is 9.88 Å². The van der Waals surface area contributed by atoms with Gasteiger partial charge in [0.05, 0.1) is 5.69 Å². The van der Waals surface area contributed by atoms with Gasteiger partial charge < -0.3 is 20.7 Å². The first-order chi connectivity index (χ1) is 13.2. The van der Waals surface area contributed by atoms with Gasteiger partial charge in [-0.2, -0.15) is 0 Å². The molecule has 0 radical (unpaired) electrons. The summed E-state index contributed by atoms with van der Waals surface area (Å²) in [5, 5.41) is 2.51. The number of rotatable bonds is 7. The van der Waals surface area contributed by atoms with E-state index in [2.05, 4.69) is 20.0 Å². The molecule has 158 valence electrons. The maximum Gasteiger partial charge on any atom is 0.573 e. The maximum absolute atomic E-state index is 12.4. The van der Waals surface area contributed by atoms with E-state index in [1.807, 2.05) is 12.1 Å². The van der Waals surface area contributed by atoms with Crippen LogP contribution in [0.25, 0.3) is 0 Å². The Bertz CT molecular complexity index is 819. The van der Waals surface area contributed by atoms with Crippen LogP contribution in [0.1, 0.15) is 5.69 Å². The number of benzene rings is 1. The number of guanidine groups is 1. The number of ether oxygens (including phenoxy) is 1. The van der Waals surface area contributed by atoms with E-state index in [1.165, 1.54) is 23.1 Å². The molecule has 3 N–H and O–H groups in total. The molecule has 1 amide bonds. The molecule has 0 aliphatic rings. The summed E-state index contributed by atoms with van der Waals surface area (Å²) < 4.78 is 41.2. The monoisotopic (exact) mass is 523 g/mol. The van der Waals surface area contributed by atoms with E-state index in [1.54, 1.807) is 19.3 Å². The third-order valence-corrected chi connectivity index (χ3v) is 3.62. The Kier molecular flexibility index (Phi) is 9.65. The molecule has 1 heterocycles. The average molecular weight is 523 g/mol. The second-order valence-corrected chi connectivity index (χ2v) is 5.76. The van der Waals surface area contributed by atoms with Crippen molar-refractivity contribution in [2.45, 2.75) is 12.8 Å². The van der Waals surface area contributed by atoms with Crippen LogP contribution in [-0.4, -0.2) is 48.3 Å². The lowest BCUT2D eigenvalue weighted by Crippen LogP contribution is -2.32. The number of nitrogens with zero attached hydrogens (tertiary/aromatic N) is 3. The van der Waals surface area contributed by atoms with Crippen molar-refractivity contribution in [3.63, 3.8) is 0 Å². The summed E-state index contributed by atoms with van der Waals surface area (Å²) in [4.78, 5) is 21.6. The Morgan fingerprint density at radius 3 is 2.59 bits per heavy atom. The minimum atomic E-state index is -4.84. The van der Waals surface area contributed by atoms with E-state index in [4.69, 9.17) is 5.73 Å². The maximum atomic E-state index is 12.4. The van der Waals surface area contributed by atoms with Crippen LogP contribution >= 0.6 is 24.0 Å². The molecule has 0 spiro atoms. The first-order valence-corrected chi connectivity index (χ1v) is 8.30. The van der Waals surface area contributed by atoms with E-state index in [0.717, 1.165) is 11.8 Å². The van der Waals surface area contributed by atoms with Gasteiger partial charge in [-0.1, -0.05) is 18.2 Å². The van der Waals surface area contributed by atoms with Gasteiger partial charge in [-0.05, 0) is 24.3 Å². The molecule has 0 atom stereocenters. The van der Waals surface area contributed by atoms with Crippen LogP contribution in [-0.2, 0) is 11.2 Å². The zero-order valence-corrected chi connectivity index (χ0v) is 17.8. The Morgan fingerprint density at radius 1 is 1.24 bits per heavy atom. The van der Waals surface area contributed by atoms with E-state index in [-0.39, 0.29) is 48.1 Å². The number of halogens is 4.